The number of unbranched alkanes of at least 4 members (excludes halogenated alkanes) is 24. The standard InChI is InChI=1S/C44H83O10P/c1-3-5-7-9-11-13-15-17-19-20-21-22-24-25-27-29-31-33-35-43(47)51-39-42(40-53-55(49,50)52-38-41(46)37-45)54-44(48)36-34-32-30-28-26-23-18-16-14-12-10-8-6-4-2/h10,12,16,18,41-42,45-46H,3-9,11,13-15,17,19-40H2,1-2H3,(H,49,50)/b12-10-,18-16-/t41-,42+/m0/s1. The van der Waals surface area contributed by atoms with Crippen molar-refractivity contribution in [2.75, 3.05) is 26.4 Å². The summed E-state index contributed by atoms with van der Waals surface area (Å²) in [4.78, 5) is 35.0. The number of phosphoric acid groups is 1. The molecule has 55 heavy (non-hydrogen) atoms. The van der Waals surface area contributed by atoms with Crippen molar-refractivity contribution in [3.05, 3.63) is 24.3 Å². The summed E-state index contributed by atoms with van der Waals surface area (Å²) in [6.07, 6.45) is 40.0. The minimum atomic E-state index is -4.62. The van der Waals surface area contributed by atoms with Gasteiger partial charge in [0.25, 0.3) is 0 Å². The zero-order valence-corrected chi connectivity index (χ0v) is 36.0. The van der Waals surface area contributed by atoms with Crippen LogP contribution in [0.3, 0.4) is 0 Å². The Hall–Kier alpha value is -1.55. The van der Waals surface area contributed by atoms with Gasteiger partial charge in [-0.05, 0) is 38.5 Å². The van der Waals surface area contributed by atoms with Gasteiger partial charge in [-0.25, -0.2) is 4.57 Å². The fourth-order valence-electron chi connectivity index (χ4n) is 6.13. The van der Waals surface area contributed by atoms with Crippen molar-refractivity contribution in [2.45, 2.75) is 219 Å². The fourth-order valence-corrected chi connectivity index (χ4v) is 6.92. The molecule has 11 heteroatoms. The molecule has 0 fully saturated rings. The van der Waals surface area contributed by atoms with E-state index < -0.39 is 51.8 Å². The number of ether oxygens (including phenoxy) is 2. The van der Waals surface area contributed by atoms with E-state index in [1.54, 1.807) is 0 Å². The lowest BCUT2D eigenvalue weighted by Crippen LogP contribution is -2.29. The number of carbonyl (C=O) groups is 2. The van der Waals surface area contributed by atoms with Crippen molar-refractivity contribution in [3.8, 4) is 0 Å². The van der Waals surface area contributed by atoms with E-state index >= 15 is 0 Å². The van der Waals surface area contributed by atoms with Crippen molar-refractivity contribution in [3.63, 3.8) is 0 Å². The van der Waals surface area contributed by atoms with E-state index in [1.165, 1.54) is 103 Å². The fraction of sp³-hybridized carbons (Fsp3) is 0.864. The monoisotopic (exact) mass is 803 g/mol. The van der Waals surface area contributed by atoms with E-state index in [1.807, 2.05) is 0 Å². The van der Waals surface area contributed by atoms with Crippen LogP contribution in [0.15, 0.2) is 24.3 Å². The molecule has 0 aromatic carbocycles. The average molecular weight is 803 g/mol. The van der Waals surface area contributed by atoms with Gasteiger partial charge in [-0.2, -0.15) is 0 Å². The van der Waals surface area contributed by atoms with E-state index in [2.05, 4.69) is 42.7 Å². The molecule has 0 aliphatic rings. The maximum Gasteiger partial charge on any atom is 0.472 e. The molecular formula is C44H83O10P. The van der Waals surface area contributed by atoms with E-state index in [9.17, 15) is 24.2 Å². The maximum atomic E-state index is 12.6. The number of hydrogen-bond donors (Lipinski definition) is 3. The van der Waals surface area contributed by atoms with E-state index in [0.717, 1.165) is 64.2 Å². The second-order valence-corrected chi connectivity index (χ2v) is 16.5. The average Bonchev–Trinajstić information content (AvgIpc) is 3.17. The molecule has 0 heterocycles. The Morgan fingerprint density at radius 3 is 1.45 bits per heavy atom. The van der Waals surface area contributed by atoms with Crippen LogP contribution in [-0.4, -0.2) is 65.7 Å². The number of phosphoric ester groups is 1. The number of aliphatic hydroxyl groups excluding tert-OH is 2. The molecule has 0 amide bonds. The third-order valence-corrected chi connectivity index (χ3v) is 10.6. The van der Waals surface area contributed by atoms with Gasteiger partial charge in [-0.3, -0.25) is 18.6 Å². The minimum absolute atomic E-state index is 0.171. The Morgan fingerprint density at radius 1 is 0.545 bits per heavy atom. The lowest BCUT2D eigenvalue weighted by atomic mass is 10.0. The molecule has 0 saturated heterocycles. The van der Waals surface area contributed by atoms with E-state index in [-0.39, 0.29) is 19.4 Å². The molecule has 3 atom stereocenters. The number of allylic oxidation sites excluding steroid dienone is 4. The Bertz CT molecular complexity index is 972. The van der Waals surface area contributed by atoms with Gasteiger partial charge in [0, 0.05) is 12.8 Å². The van der Waals surface area contributed by atoms with Crippen molar-refractivity contribution in [1.82, 2.24) is 0 Å². The van der Waals surface area contributed by atoms with Gasteiger partial charge in [0.05, 0.1) is 19.8 Å². The lowest BCUT2D eigenvalue weighted by Gasteiger charge is -2.20. The van der Waals surface area contributed by atoms with Gasteiger partial charge in [0.15, 0.2) is 6.10 Å². The largest absolute Gasteiger partial charge is 0.472 e. The van der Waals surface area contributed by atoms with Crippen LogP contribution in [0.25, 0.3) is 0 Å². The molecular weight excluding hydrogens is 719 g/mol. The molecule has 1 unspecified atom stereocenters. The lowest BCUT2D eigenvalue weighted by molar-refractivity contribution is -0.161. The highest BCUT2D eigenvalue weighted by Gasteiger charge is 2.27. The zero-order chi connectivity index (χ0) is 40.5. The van der Waals surface area contributed by atoms with Crippen LogP contribution in [0.5, 0.6) is 0 Å². The summed E-state index contributed by atoms with van der Waals surface area (Å²) in [6.45, 7) is 2.35. The Balaban J connectivity index is 4.25. The minimum Gasteiger partial charge on any atom is -0.462 e. The van der Waals surface area contributed by atoms with Crippen LogP contribution in [-0.2, 0) is 32.7 Å². The summed E-state index contributed by atoms with van der Waals surface area (Å²) >= 11 is 0. The van der Waals surface area contributed by atoms with Gasteiger partial charge in [-0.15, -0.1) is 0 Å². The third-order valence-electron chi connectivity index (χ3n) is 9.61. The van der Waals surface area contributed by atoms with E-state index in [4.69, 9.17) is 19.1 Å². The first-order chi connectivity index (χ1) is 26.7. The van der Waals surface area contributed by atoms with Crippen LogP contribution in [0.4, 0.5) is 0 Å². The van der Waals surface area contributed by atoms with Gasteiger partial charge in [-0.1, -0.05) is 179 Å². The highest BCUT2D eigenvalue weighted by atomic mass is 31.2. The van der Waals surface area contributed by atoms with Gasteiger partial charge < -0.3 is 24.6 Å². The quantitative estimate of drug-likeness (QED) is 0.0236. The van der Waals surface area contributed by atoms with Crippen LogP contribution in [0.2, 0.25) is 0 Å². The first kappa shape index (κ1) is 53.5. The predicted molar refractivity (Wildman–Crippen MR) is 224 cm³/mol. The van der Waals surface area contributed by atoms with Crippen LogP contribution < -0.4 is 0 Å². The molecule has 0 aliphatic carbocycles. The van der Waals surface area contributed by atoms with Crippen molar-refractivity contribution >= 4 is 19.8 Å². The van der Waals surface area contributed by atoms with Crippen LogP contribution in [0, 0.1) is 0 Å². The predicted octanol–water partition coefficient (Wildman–Crippen LogP) is 11.8. The molecule has 0 saturated carbocycles. The van der Waals surface area contributed by atoms with Gasteiger partial charge in [0.2, 0.25) is 0 Å². The molecule has 3 N–H and O–H groups in total. The molecule has 0 aromatic rings. The van der Waals surface area contributed by atoms with E-state index in [0.29, 0.717) is 12.8 Å². The Labute approximate surface area is 336 Å². The molecule has 0 bridgehead atoms. The molecule has 324 valence electrons. The second kappa shape index (κ2) is 40.6. The highest BCUT2D eigenvalue weighted by molar-refractivity contribution is 7.47. The summed E-state index contributed by atoms with van der Waals surface area (Å²) < 4.78 is 32.7. The summed E-state index contributed by atoms with van der Waals surface area (Å²) in [5, 5.41) is 18.3. The first-order valence-corrected chi connectivity index (χ1v) is 23.8. The zero-order valence-electron chi connectivity index (χ0n) is 35.2. The number of hydrogen-bond acceptors (Lipinski definition) is 9. The molecule has 0 aliphatic heterocycles. The third kappa shape index (κ3) is 40.4. The molecule has 0 aromatic heterocycles. The molecule has 0 rings (SSSR count). The summed E-state index contributed by atoms with van der Waals surface area (Å²) in [5.74, 6) is -0.933. The summed E-state index contributed by atoms with van der Waals surface area (Å²) in [6, 6.07) is 0. The Kier molecular flexibility index (Phi) is 39.5. The number of aliphatic hydroxyl groups is 2. The topological polar surface area (TPSA) is 149 Å². The number of esters is 2. The smallest absolute Gasteiger partial charge is 0.462 e. The molecule has 0 radical (unpaired) electrons. The summed E-state index contributed by atoms with van der Waals surface area (Å²) in [7, 11) is -4.62. The van der Waals surface area contributed by atoms with Crippen molar-refractivity contribution < 1.29 is 47.8 Å². The molecule has 0 spiro atoms. The highest BCUT2D eigenvalue weighted by Crippen LogP contribution is 2.43. The molecule has 10 nitrogen and oxygen atoms in total. The summed E-state index contributed by atoms with van der Waals surface area (Å²) in [5.41, 5.74) is 0. The van der Waals surface area contributed by atoms with Crippen LogP contribution in [0.1, 0.15) is 206 Å². The maximum absolute atomic E-state index is 12.6. The normalized spacial score (nSPS) is 14.1. The van der Waals surface area contributed by atoms with Gasteiger partial charge in [0.1, 0.15) is 12.7 Å². The Morgan fingerprint density at radius 2 is 0.964 bits per heavy atom. The second-order valence-electron chi connectivity index (χ2n) is 15.1. The number of carbonyl (C=O) groups excluding carboxylic acids is 2. The van der Waals surface area contributed by atoms with Crippen LogP contribution >= 0.6 is 7.82 Å². The first-order valence-electron chi connectivity index (χ1n) is 22.3. The van der Waals surface area contributed by atoms with Crippen molar-refractivity contribution in [1.29, 1.82) is 0 Å². The number of rotatable bonds is 42. The SMILES string of the molecule is CCCC/C=C\C/C=C\CCCCCCCC(=O)O[C@H](COC(=O)CCCCCCCCCCCCCCCCCCCC)COP(=O)(O)OC[C@@H](O)CO. The van der Waals surface area contributed by atoms with Gasteiger partial charge >= 0.3 is 19.8 Å². The van der Waals surface area contributed by atoms with Crippen molar-refractivity contribution in [2.24, 2.45) is 0 Å².